The summed E-state index contributed by atoms with van der Waals surface area (Å²) in [6, 6.07) is 22.3. The maximum atomic E-state index is 12.2. The third kappa shape index (κ3) is 5.68. The molecule has 0 saturated carbocycles. The normalized spacial score (nSPS) is 10.0. The molecule has 152 valence electrons. The molecule has 3 aromatic carbocycles. The van der Waals surface area contributed by atoms with E-state index in [1.165, 1.54) is 0 Å². The fourth-order valence-electron chi connectivity index (χ4n) is 2.67. The molecule has 3 N–H and O–H groups in total. The number of hydrogen-bond donors (Lipinski definition) is 3. The van der Waals surface area contributed by atoms with Gasteiger partial charge < -0.3 is 10.1 Å². The predicted molar refractivity (Wildman–Crippen MR) is 113 cm³/mol. The van der Waals surface area contributed by atoms with Gasteiger partial charge in [-0.3, -0.25) is 25.2 Å². The van der Waals surface area contributed by atoms with Gasteiger partial charge in [0.1, 0.15) is 5.75 Å². The van der Waals surface area contributed by atoms with Crippen LogP contribution in [0.3, 0.4) is 0 Å². The molecule has 3 aromatic rings. The van der Waals surface area contributed by atoms with Crippen molar-refractivity contribution in [2.75, 3.05) is 12.4 Å². The van der Waals surface area contributed by atoms with E-state index < -0.39 is 5.91 Å². The average molecular weight is 403 g/mol. The first-order valence-corrected chi connectivity index (χ1v) is 9.24. The summed E-state index contributed by atoms with van der Waals surface area (Å²) >= 11 is 0. The standard InChI is InChI=1S/C23H21N3O4/c1-30-20-13-7-16(8-14-20)15-21(27)25-26-23(29)18-9-11-19(12-10-18)24-22(28)17-5-3-2-4-6-17/h2-14H,15H2,1H3,(H,24,28)(H,25,27)(H,26,29). The Bertz CT molecular complexity index is 1020. The minimum atomic E-state index is -0.459. The van der Waals surface area contributed by atoms with E-state index in [-0.39, 0.29) is 18.2 Å². The summed E-state index contributed by atoms with van der Waals surface area (Å²) in [5, 5.41) is 2.76. The number of carbonyl (C=O) groups excluding carboxylic acids is 3. The van der Waals surface area contributed by atoms with Crippen LogP contribution in [0.2, 0.25) is 0 Å². The summed E-state index contributed by atoms with van der Waals surface area (Å²) in [6.45, 7) is 0. The van der Waals surface area contributed by atoms with E-state index in [0.29, 0.717) is 22.6 Å². The summed E-state index contributed by atoms with van der Waals surface area (Å²) in [4.78, 5) is 36.4. The number of methoxy groups -OCH3 is 1. The van der Waals surface area contributed by atoms with Crippen LogP contribution in [0.5, 0.6) is 5.75 Å². The van der Waals surface area contributed by atoms with Crippen LogP contribution in [-0.2, 0) is 11.2 Å². The second kappa shape index (κ2) is 9.88. The lowest BCUT2D eigenvalue weighted by atomic mass is 10.1. The Morgan fingerprint density at radius 1 is 0.733 bits per heavy atom. The smallest absolute Gasteiger partial charge is 0.269 e. The maximum Gasteiger partial charge on any atom is 0.269 e. The molecule has 0 fully saturated rings. The van der Waals surface area contributed by atoms with Gasteiger partial charge in [0, 0.05) is 16.8 Å². The second-order valence-electron chi connectivity index (χ2n) is 6.42. The van der Waals surface area contributed by atoms with E-state index in [0.717, 1.165) is 5.56 Å². The fraction of sp³-hybridized carbons (Fsp3) is 0.0870. The molecular formula is C23H21N3O4. The number of anilines is 1. The summed E-state index contributed by atoms with van der Waals surface area (Å²) in [5.41, 5.74) is 7.00. The monoisotopic (exact) mass is 403 g/mol. The molecule has 0 aliphatic heterocycles. The highest BCUT2D eigenvalue weighted by Gasteiger charge is 2.10. The fourth-order valence-corrected chi connectivity index (χ4v) is 2.67. The van der Waals surface area contributed by atoms with Crippen molar-refractivity contribution >= 4 is 23.4 Å². The van der Waals surface area contributed by atoms with Crippen molar-refractivity contribution in [3.63, 3.8) is 0 Å². The molecule has 0 aliphatic carbocycles. The zero-order valence-electron chi connectivity index (χ0n) is 16.3. The summed E-state index contributed by atoms with van der Waals surface area (Å²) in [5.74, 6) is -0.339. The van der Waals surface area contributed by atoms with Crippen molar-refractivity contribution in [2.24, 2.45) is 0 Å². The zero-order chi connectivity index (χ0) is 21.3. The average Bonchev–Trinajstić information content (AvgIpc) is 2.79. The number of benzene rings is 3. The number of hydrogen-bond acceptors (Lipinski definition) is 4. The Balaban J connectivity index is 1.49. The van der Waals surface area contributed by atoms with E-state index in [4.69, 9.17) is 4.74 Å². The van der Waals surface area contributed by atoms with Gasteiger partial charge in [-0.05, 0) is 54.1 Å². The SMILES string of the molecule is COc1ccc(CC(=O)NNC(=O)c2ccc(NC(=O)c3ccccc3)cc2)cc1. The van der Waals surface area contributed by atoms with Gasteiger partial charge in [-0.25, -0.2) is 0 Å². The Labute approximate surface area is 174 Å². The van der Waals surface area contributed by atoms with Crippen molar-refractivity contribution < 1.29 is 19.1 Å². The van der Waals surface area contributed by atoms with Crippen LogP contribution in [0.4, 0.5) is 5.69 Å². The first-order chi connectivity index (χ1) is 14.5. The first kappa shape index (κ1) is 20.6. The molecule has 0 saturated heterocycles. The van der Waals surface area contributed by atoms with E-state index in [9.17, 15) is 14.4 Å². The molecule has 7 heteroatoms. The van der Waals surface area contributed by atoms with E-state index in [2.05, 4.69) is 16.2 Å². The molecule has 3 amide bonds. The lowest BCUT2D eigenvalue weighted by molar-refractivity contribution is -0.121. The molecule has 0 heterocycles. The Morgan fingerprint density at radius 2 is 1.37 bits per heavy atom. The molecule has 0 aromatic heterocycles. The Hall–Kier alpha value is -4.13. The van der Waals surface area contributed by atoms with Crippen molar-refractivity contribution in [1.82, 2.24) is 10.9 Å². The molecule has 30 heavy (non-hydrogen) atoms. The molecular weight excluding hydrogens is 382 g/mol. The lowest BCUT2D eigenvalue weighted by Gasteiger charge is -2.09. The molecule has 0 aliphatic rings. The van der Waals surface area contributed by atoms with Crippen molar-refractivity contribution in [1.29, 1.82) is 0 Å². The van der Waals surface area contributed by atoms with Crippen molar-refractivity contribution in [3.8, 4) is 5.75 Å². The number of hydrazine groups is 1. The van der Waals surface area contributed by atoms with Gasteiger partial charge in [0.2, 0.25) is 5.91 Å². The van der Waals surface area contributed by atoms with E-state index in [1.807, 2.05) is 6.07 Å². The van der Waals surface area contributed by atoms with Crippen molar-refractivity contribution in [3.05, 3.63) is 95.6 Å². The van der Waals surface area contributed by atoms with Crippen LogP contribution in [-0.4, -0.2) is 24.8 Å². The van der Waals surface area contributed by atoms with E-state index >= 15 is 0 Å². The van der Waals surface area contributed by atoms with Crippen LogP contribution < -0.4 is 20.9 Å². The molecule has 0 unspecified atom stereocenters. The first-order valence-electron chi connectivity index (χ1n) is 9.24. The van der Waals surface area contributed by atoms with Gasteiger partial charge in [0.15, 0.2) is 0 Å². The summed E-state index contributed by atoms with van der Waals surface area (Å²) in [7, 11) is 1.57. The van der Waals surface area contributed by atoms with Gasteiger partial charge in [-0.1, -0.05) is 30.3 Å². The molecule has 0 atom stereocenters. The van der Waals surface area contributed by atoms with Gasteiger partial charge in [-0.15, -0.1) is 0 Å². The third-order valence-corrected chi connectivity index (χ3v) is 4.28. The van der Waals surface area contributed by atoms with Crippen LogP contribution in [0.1, 0.15) is 26.3 Å². The van der Waals surface area contributed by atoms with Gasteiger partial charge in [-0.2, -0.15) is 0 Å². The Morgan fingerprint density at radius 3 is 2.00 bits per heavy atom. The number of rotatable bonds is 6. The van der Waals surface area contributed by atoms with Crippen molar-refractivity contribution in [2.45, 2.75) is 6.42 Å². The highest BCUT2D eigenvalue weighted by atomic mass is 16.5. The van der Waals surface area contributed by atoms with Crippen LogP contribution >= 0.6 is 0 Å². The number of nitrogens with one attached hydrogen (secondary N) is 3. The maximum absolute atomic E-state index is 12.2. The largest absolute Gasteiger partial charge is 0.497 e. The summed E-state index contributed by atoms with van der Waals surface area (Å²) < 4.78 is 5.07. The van der Waals surface area contributed by atoms with Crippen LogP contribution in [0.15, 0.2) is 78.9 Å². The quantitative estimate of drug-likeness (QED) is 0.552. The highest BCUT2D eigenvalue weighted by molar-refractivity contribution is 6.04. The summed E-state index contributed by atoms with van der Waals surface area (Å²) in [6.07, 6.45) is 0.120. The third-order valence-electron chi connectivity index (χ3n) is 4.28. The molecule has 0 spiro atoms. The zero-order valence-corrected chi connectivity index (χ0v) is 16.3. The van der Waals surface area contributed by atoms with Gasteiger partial charge >= 0.3 is 0 Å². The number of amides is 3. The van der Waals surface area contributed by atoms with E-state index in [1.54, 1.807) is 79.9 Å². The van der Waals surface area contributed by atoms with Gasteiger partial charge in [0.05, 0.1) is 13.5 Å². The minimum Gasteiger partial charge on any atom is -0.497 e. The lowest BCUT2D eigenvalue weighted by Crippen LogP contribution is -2.42. The molecule has 0 bridgehead atoms. The highest BCUT2D eigenvalue weighted by Crippen LogP contribution is 2.12. The topological polar surface area (TPSA) is 96.5 Å². The Kier molecular flexibility index (Phi) is 6.78. The van der Waals surface area contributed by atoms with Crippen LogP contribution in [0.25, 0.3) is 0 Å². The number of carbonyl (C=O) groups is 3. The molecule has 3 rings (SSSR count). The van der Waals surface area contributed by atoms with Crippen LogP contribution in [0, 0.1) is 0 Å². The molecule has 0 radical (unpaired) electrons. The predicted octanol–water partition coefficient (Wildman–Crippen LogP) is 2.95. The second-order valence-corrected chi connectivity index (χ2v) is 6.42. The van der Waals surface area contributed by atoms with Gasteiger partial charge in [0.25, 0.3) is 11.8 Å². The number of ether oxygens (including phenoxy) is 1. The molecule has 7 nitrogen and oxygen atoms in total. The minimum absolute atomic E-state index is 0.120.